The van der Waals surface area contributed by atoms with E-state index in [1.807, 2.05) is 24.3 Å². The van der Waals surface area contributed by atoms with Crippen molar-refractivity contribution in [2.75, 3.05) is 0 Å². The van der Waals surface area contributed by atoms with Crippen molar-refractivity contribution >= 4 is 0 Å². The van der Waals surface area contributed by atoms with Crippen LogP contribution in [0.3, 0.4) is 0 Å². The van der Waals surface area contributed by atoms with Crippen molar-refractivity contribution in [1.82, 2.24) is 0 Å². The fraction of sp³-hybridized carbons (Fsp3) is 0.0769. The lowest BCUT2D eigenvalue weighted by Gasteiger charge is -2.10. The van der Waals surface area contributed by atoms with Crippen molar-refractivity contribution in [2.45, 2.75) is 12.8 Å². The van der Waals surface area contributed by atoms with Gasteiger partial charge in [-0.05, 0) is 45.5 Å². The molecule has 0 amide bonds. The van der Waals surface area contributed by atoms with Crippen LogP contribution in [0.4, 0.5) is 0 Å². The molecule has 0 N–H and O–H groups in total. The molecular weight excluding hydrogens is 360 g/mol. The van der Waals surface area contributed by atoms with Crippen molar-refractivity contribution < 1.29 is 14.8 Å². The van der Waals surface area contributed by atoms with Gasteiger partial charge in [-0.25, -0.2) is 0 Å². The first kappa shape index (κ1) is 16.4. The van der Waals surface area contributed by atoms with Crippen LogP contribution < -0.4 is 9.78 Å². The highest BCUT2D eigenvalue weighted by Crippen LogP contribution is 2.42. The van der Waals surface area contributed by atoms with Crippen LogP contribution in [0.1, 0.15) is 22.3 Å². The molecule has 140 valence electrons. The second-order valence-electron chi connectivity index (χ2n) is 7.47. The Kier molecular flexibility index (Phi) is 3.68. The van der Waals surface area contributed by atoms with Gasteiger partial charge in [-0.15, -0.1) is 0 Å². The summed E-state index contributed by atoms with van der Waals surface area (Å²) in [5.74, 6) is 1.38. The largest absolute Gasteiger partial charge is 0.299 e. The molecule has 0 saturated carbocycles. The monoisotopic (exact) mass is 378 g/mol. The second kappa shape index (κ2) is 6.50. The topological polar surface area (TPSA) is 27.7 Å². The Bertz CT molecular complexity index is 1150. The molecule has 6 rings (SSSR count). The van der Waals surface area contributed by atoms with E-state index >= 15 is 0 Å². The molecule has 0 bridgehead atoms. The smallest absolute Gasteiger partial charge is 0.173 e. The molecule has 0 fully saturated rings. The van der Waals surface area contributed by atoms with Gasteiger partial charge in [0.2, 0.25) is 0 Å². The molecule has 2 aliphatic carbocycles. The van der Waals surface area contributed by atoms with Crippen LogP contribution in [0, 0.1) is 0 Å². The summed E-state index contributed by atoms with van der Waals surface area (Å²) in [6, 6.07) is 28.9. The van der Waals surface area contributed by atoms with Gasteiger partial charge in [0.05, 0.1) is 0 Å². The predicted octanol–water partition coefficient (Wildman–Crippen LogP) is 6.13. The molecular formula is C26H18O3. The number of rotatable bonds is 4. The zero-order valence-electron chi connectivity index (χ0n) is 15.7. The first-order valence-electron chi connectivity index (χ1n) is 9.80. The molecule has 2 aliphatic rings. The molecule has 4 aromatic carbocycles. The average Bonchev–Trinajstić information content (AvgIpc) is 3.33. The molecule has 4 aromatic rings. The van der Waals surface area contributed by atoms with Crippen LogP contribution in [0.25, 0.3) is 22.3 Å². The van der Waals surface area contributed by atoms with Crippen molar-refractivity contribution in [2.24, 2.45) is 0 Å². The van der Waals surface area contributed by atoms with Crippen LogP contribution in [-0.4, -0.2) is 0 Å². The highest BCUT2D eigenvalue weighted by atomic mass is 17.5. The molecule has 0 radical (unpaired) electrons. The summed E-state index contributed by atoms with van der Waals surface area (Å²) in [6.07, 6.45) is 1.67. The summed E-state index contributed by atoms with van der Waals surface area (Å²) in [7, 11) is 0. The molecule has 29 heavy (non-hydrogen) atoms. The van der Waals surface area contributed by atoms with E-state index in [9.17, 15) is 0 Å². The van der Waals surface area contributed by atoms with Gasteiger partial charge in [0.1, 0.15) is 0 Å². The Balaban J connectivity index is 1.23. The molecule has 3 nitrogen and oxygen atoms in total. The molecule has 0 aromatic heterocycles. The SMILES string of the molecule is c1ccc2c(c1)Cc1c(OOOc3cccc4c3Cc3ccccc3-4)cccc1-2. The summed E-state index contributed by atoms with van der Waals surface area (Å²) in [4.78, 5) is 11.2. The fourth-order valence-corrected chi connectivity index (χ4v) is 4.50. The minimum atomic E-state index is 0.689. The maximum Gasteiger partial charge on any atom is 0.173 e. The van der Waals surface area contributed by atoms with E-state index in [2.05, 4.69) is 60.7 Å². The lowest BCUT2D eigenvalue weighted by molar-refractivity contribution is -0.411. The van der Waals surface area contributed by atoms with E-state index < -0.39 is 0 Å². The van der Waals surface area contributed by atoms with Gasteiger partial charge in [0.25, 0.3) is 0 Å². The first-order chi connectivity index (χ1) is 14.4. The second-order valence-corrected chi connectivity index (χ2v) is 7.47. The Hall–Kier alpha value is -3.56. The number of fused-ring (bicyclic) bond motifs is 6. The summed E-state index contributed by atoms with van der Waals surface area (Å²) in [5, 5.41) is 5.25. The maximum absolute atomic E-state index is 5.60. The molecule has 0 spiro atoms. The van der Waals surface area contributed by atoms with Gasteiger partial charge in [-0.2, -0.15) is 0 Å². The minimum absolute atomic E-state index is 0.689. The van der Waals surface area contributed by atoms with Gasteiger partial charge >= 0.3 is 0 Å². The van der Waals surface area contributed by atoms with Gasteiger partial charge < -0.3 is 0 Å². The molecule has 0 saturated heterocycles. The lowest BCUT2D eigenvalue weighted by Crippen LogP contribution is -2.05. The van der Waals surface area contributed by atoms with E-state index in [4.69, 9.17) is 14.8 Å². The van der Waals surface area contributed by atoms with Gasteiger partial charge in [0, 0.05) is 29.0 Å². The highest BCUT2D eigenvalue weighted by molar-refractivity contribution is 5.79. The molecule has 0 aliphatic heterocycles. The lowest BCUT2D eigenvalue weighted by atomic mass is 10.1. The maximum atomic E-state index is 5.60. The van der Waals surface area contributed by atoms with Crippen molar-refractivity contribution in [3.05, 3.63) is 107 Å². The Morgan fingerprint density at radius 1 is 0.448 bits per heavy atom. The molecule has 0 heterocycles. The third-order valence-corrected chi connectivity index (χ3v) is 5.86. The van der Waals surface area contributed by atoms with Crippen LogP contribution in [-0.2, 0) is 17.9 Å². The number of benzene rings is 4. The van der Waals surface area contributed by atoms with Crippen molar-refractivity contribution in [3.8, 4) is 33.8 Å². The summed E-state index contributed by atoms with van der Waals surface area (Å²) in [6.45, 7) is 0. The molecule has 3 heteroatoms. The normalized spacial score (nSPS) is 12.7. The number of hydrogen-bond donors (Lipinski definition) is 0. The third-order valence-electron chi connectivity index (χ3n) is 5.86. The standard InChI is InChI=1S/C26H18O3/c1-3-9-19-17(7-1)15-23-21(19)11-5-13-25(23)27-29-28-26-14-6-12-22-20-10-4-2-8-18(20)16-24(22)26/h1-14H,15-16H2. The van der Waals surface area contributed by atoms with Crippen LogP contribution in [0.5, 0.6) is 11.5 Å². The van der Waals surface area contributed by atoms with Crippen LogP contribution in [0.15, 0.2) is 84.9 Å². The average molecular weight is 378 g/mol. The Morgan fingerprint density at radius 2 is 0.897 bits per heavy atom. The predicted molar refractivity (Wildman–Crippen MR) is 112 cm³/mol. The summed E-state index contributed by atoms with van der Waals surface area (Å²) in [5.41, 5.74) is 9.76. The van der Waals surface area contributed by atoms with E-state index in [0.717, 1.165) is 24.0 Å². The molecule has 0 atom stereocenters. The Labute approximate surface area is 169 Å². The zero-order chi connectivity index (χ0) is 19.2. The van der Waals surface area contributed by atoms with Crippen molar-refractivity contribution in [3.63, 3.8) is 0 Å². The van der Waals surface area contributed by atoms with E-state index in [-0.39, 0.29) is 0 Å². The number of hydrogen-bond acceptors (Lipinski definition) is 3. The van der Waals surface area contributed by atoms with E-state index in [1.165, 1.54) is 33.4 Å². The van der Waals surface area contributed by atoms with E-state index in [0.29, 0.717) is 11.5 Å². The fourth-order valence-electron chi connectivity index (χ4n) is 4.50. The summed E-state index contributed by atoms with van der Waals surface area (Å²) < 4.78 is 0. The minimum Gasteiger partial charge on any atom is -0.299 e. The van der Waals surface area contributed by atoms with Crippen LogP contribution in [0.2, 0.25) is 0 Å². The van der Waals surface area contributed by atoms with Gasteiger partial charge in [0.15, 0.2) is 11.5 Å². The first-order valence-corrected chi connectivity index (χ1v) is 9.80. The van der Waals surface area contributed by atoms with Gasteiger partial charge in [-0.1, -0.05) is 72.8 Å². The zero-order valence-corrected chi connectivity index (χ0v) is 15.7. The van der Waals surface area contributed by atoms with Crippen LogP contribution >= 0.6 is 0 Å². The molecule has 0 unspecified atom stereocenters. The highest BCUT2D eigenvalue weighted by Gasteiger charge is 2.24. The third kappa shape index (κ3) is 2.63. The summed E-state index contributed by atoms with van der Waals surface area (Å²) >= 11 is 0. The van der Waals surface area contributed by atoms with Gasteiger partial charge in [-0.3, -0.25) is 9.78 Å². The quantitative estimate of drug-likeness (QED) is 0.273. The van der Waals surface area contributed by atoms with Crippen molar-refractivity contribution in [1.29, 1.82) is 0 Å². The van der Waals surface area contributed by atoms with E-state index in [1.54, 1.807) is 0 Å². The Morgan fingerprint density at radius 3 is 1.41 bits per heavy atom.